The highest BCUT2D eigenvalue weighted by Gasteiger charge is 2.29. The summed E-state index contributed by atoms with van der Waals surface area (Å²) in [6.45, 7) is 0. The van der Waals surface area contributed by atoms with Crippen molar-refractivity contribution in [2.24, 2.45) is 4.99 Å². The van der Waals surface area contributed by atoms with Gasteiger partial charge in [-0.05, 0) is 40.3 Å². The number of nitrogens with zero attached hydrogens (tertiary/aromatic N) is 1. The predicted molar refractivity (Wildman–Crippen MR) is 164 cm³/mol. The zero-order chi connectivity index (χ0) is 28.2. The summed E-state index contributed by atoms with van der Waals surface area (Å²) in [5.74, 6) is -0.561. The number of hydrogen-bond donors (Lipinski definition) is 3. The molecule has 0 aliphatic carbocycles. The van der Waals surface area contributed by atoms with E-state index in [0.717, 1.165) is 22.4 Å². The first-order chi connectivity index (χ1) is 20.1. The fourth-order valence-corrected chi connectivity index (χ4v) is 5.71. The maximum absolute atomic E-state index is 13.6. The van der Waals surface area contributed by atoms with Crippen LogP contribution in [0.4, 0.5) is 22.7 Å². The number of carbonyl (C=O) groups is 2. The molecule has 200 valence electrons. The molecule has 8 heteroatoms. The highest BCUT2D eigenvalue weighted by molar-refractivity contribution is 7.12. The molecule has 0 spiro atoms. The molecular weight excluding hydrogens is 532 g/mol. The van der Waals surface area contributed by atoms with Crippen molar-refractivity contribution in [3.05, 3.63) is 119 Å². The van der Waals surface area contributed by atoms with Gasteiger partial charge in [0.25, 0.3) is 5.91 Å². The summed E-state index contributed by atoms with van der Waals surface area (Å²) in [5, 5.41) is 11.3. The third-order valence-corrected chi connectivity index (χ3v) is 7.80. The Morgan fingerprint density at radius 2 is 1.51 bits per heavy atom. The first-order valence-corrected chi connectivity index (χ1v) is 13.9. The molecule has 1 aliphatic rings. The lowest BCUT2D eigenvalue weighted by atomic mass is 9.92. The zero-order valence-corrected chi connectivity index (χ0v) is 22.6. The van der Waals surface area contributed by atoms with Crippen LogP contribution in [-0.2, 0) is 16.0 Å². The van der Waals surface area contributed by atoms with Gasteiger partial charge in [-0.3, -0.25) is 9.59 Å². The van der Waals surface area contributed by atoms with Gasteiger partial charge in [0, 0.05) is 23.2 Å². The van der Waals surface area contributed by atoms with Crippen LogP contribution in [0.15, 0.2) is 114 Å². The Bertz CT molecular complexity index is 1760. The van der Waals surface area contributed by atoms with Gasteiger partial charge in [0.1, 0.15) is 6.04 Å². The summed E-state index contributed by atoms with van der Waals surface area (Å²) in [4.78, 5) is 43.3. The fraction of sp³-hybridized carbons (Fsp3) is 0.0606. The monoisotopic (exact) mass is 556 g/mol. The number of thiophene rings is 1. The number of carbonyl (C=O) groups excluding carboxylic acids is 3. The highest BCUT2D eigenvalue weighted by atomic mass is 32.1. The quantitative estimate of drug-likeness (QED) is 0.145. The molecule has 1 unspecified atom stereocenters. The molecule has 3 N–H and O–H groups in total. The largest absolute Gasteiger partial charge is 0.373 e. The minimum Gasteiger partial charge on any atom is -0.373 e. The fourth-order valence-electron chi connectivity index (χ4n) is 5.09. The molecule has 1 atom stereocenters. The van der Waals surface area contributed by atoms with Crippen LogP contribution in [0.25, 0.3) is 22.3 Å². The van der Waals surface area contributed by atoms with Crippen molar-refractivity contribution in [2.75, 3.05) is 16.0 Å². The predicted octanol–water partition coefficient (Wildman–Crippen LogP) is 7.28. The number of anilines is 3. The smallest absolute Gasteiger partial charge is 0.265 e. The Balaban J connectivity index is 1.54. The lowest BCUT2D eigenvalue weighted by Gasteiger charge is -2.23. The van der Waals surface area contributed by atoms with Crippen molar-refractivity contribution in [2.45, 2.75) is 12.5 Å². The molecule has 2 heterocycles. The van der Waals surface area contributed by atoms with Gasteiger partial charge in [0.05, 0.1) is 21.9 Å². The van der Waals surface area contributed by atoms with Crippen LogP contribution in [0, 0.1) is 0 Å². The topological polar surface area (TPSA) is 99.7 Å². The van der Waals surface area contributed by atoms with Crippen LogP contribution in [0.3, 0.4) is 0 Å². The number of isocyanates is 1. The van der Waals surface area contributed by atoms with Crippen LogP contribution < -0.4 is 16.0 Å². The van der Waals surface area contributed by atoms with E-state index in [-0.39, 0.29) is 17.5 Å². The lowest BCUT2D eigenvalue weighted by Crippen LogP contribution is -2.33. The van der Waals surface area contributed by atoms with Crippen molar-refractivity contribution in [3.63, 3.8) is 0 Å². The second kappa shape index (κ2) is 11.4. The third-order valence-electron chi connectivity index (χ3n) is 6.93. The van der Waals surface area contributed by atoms with E-state index < -0.39 is 6.04 Å². The molecule has 0 saturated carbocycles. The highest BCUT2D eigenvalue weighted by Crippen LogP contribution is 2.48. The van der Waals surface area contributed by atoms with Gasteiger partial charge < -0.3 is 16.0 Å². The normalized spacial score (nSPS) is 13.4. The second-order valence-electron chi connectivity index (χ2n) is 9.48. The Morgan fingerprint density at radius 1 is 0.829 bits per heavy atom. The van der Waals surface area contributed by atoms with Crippen LogP contribution in [0.2, 0.25) is 0 Å². The summed E-state index contributed by atoms with van der Waals surface area (Å²) in [5.41, 5.74) is 5.74. The van der Waals surface area contributed by atoms with E-state index in [4.69, 9.17) is 0 Å². The standard InChI is InChI=1S/C33H24N4O3S/c38-20-34-25-19-26(36-32(39)27-18-23-14-7-8-15-24(23)35-27)30(22-12-5-2-6-13-22)31(29(25)21-10-3-1-4-11-21)37-33(40)28-16-9-17-41-28/h1-17,19,27,35H,18H2,(H,36,39)(H,37,40). The third kappa shape index (κ3) is 5.30. The number of benzene rings is 4. The van der Waals surface area contributed by atoms with Crippen molar-refractivity contribution in [1.29, 1.82) is 0 Å². The number of fused-ring (bicyclic) bond motifs is 1. The van der Waals surface area contributed by atoms with Crippen LogP contribution >= 0.6 is 11.3 Å². The molecule has 6 rings (SSSR count). The van der Waals surface area contributed by atoms with E-state index in [2.05, 4.69) is 20.9 Å². The van der Waals surface area contributed by atoms with Crippen molar-refractivity contribution in [1.82, 2.24) is 0 Å². The molecule has 2 amide bonds. The Hall–Kier alpha value is -5.30. The first kappa shape index (κ1) is 26.0. The maximum atomic E-state index is 13.6. The first-order valence-electron chi connectivity index (χ1n) is 13.0. The van der Waals surface area contributed by atoms with Crippen molar-refractivity contribution in [3.8, 4) is 22.3 Å². The Labute approximate surface area is 240 Å². The van der Waals surface area contributed by atoms with Gasteiger partial charge >= 0.3 is 0 Å². The number of rotatable bonds is 7. The average molecular weight is 557 g/mol. The van der Waals surface area contributed by atoms with Crippen molar-refractivity contribution >= 4 is 52.0 Å². The average Bonchev–Trinajstić information content (AvgIpc) is 3.69. The van der Waals surface area contributed by atoms with E-state index in [1.54, 1.807) is 24.3 Å². The van der Waals surface area contributed by atoms with E-state index in [9.17, 15) is 14.4 Å². The molecule has 5 aromatic rings. The zero-order valence-electron chi connectivity index (χ0n) is 21.8. The summed E-state index contributed by atoms with van der Waals surface area (Å²) in [7, 11) is 0. The van der Waals surface area contributed by atoms with Crippen LogP contribution in [0.1, 0.15) is 15.2 Å². The maximum Gasteiger partial charge on any atom is 0.265 e. The van der Waals surface area contributed by atoms with Crippen molar-refractivity contribution < 1.29 is 14.4 Å². The van der Waals surface area contributed by atoms with E-state index in [1.165, 1.54) is 11.3 Å². The van der Waals surface area contributed by atoms with Crippen LogP contribution in [0.5, 0.6) is 0 Å². The lowest BCUT2D eigenvalue weighted by molar-refractivity contribution is -0.116. The molecule has 4 aromatic carbocycles. The van der Waals surface area contributed by atoms with Gasteiger partial charge in [-0.15, -0.1) is 11.3 Å². The number of hydrogen-bond acceptors (Lipinski definition) is 6. The molecule has 7 nitrogen and oxygen atoms in total. The Morgan fingerprint density at radius 3 is 2.17 bits per heavy atom. The molecule has 41 heavy (non-hydrogen) atoms. The van der Waals surface area contributed by atoms with Gasteiger partial charge in [-0.2, -0.15) is 4.99 Å². The van der Waals surface area contributed by atoms with Gasteiger partial charge in [-0.1, -0.05) is 84.9 Å². The summed E-state index contributed by atoms with van der Waals surface area (Å²) in [6.07, 6.45) is 2.18. The summed E-state index contributed by atoms with van der Waals surface area (Å²) in [6, 6.07) is 31.4. The number of nitrogens with one attached hydrogen (secondary N) is 3. The van der Waals surface area contributed by atoms with E-state index in [0.29, 0.717) is 33.8 Å². The minimum absolute atomic E-state index is 0.248. The van der Waals surface area contributed by atoms with Gasteiger partial charge in [-0.25, -0.2) is 4.79 Å². The second-order valence-corrected chi connectivity index (χ2v) is 10.4. The van der Waals surface area contributed by atoms with Crippen LogP contribution in [-0.4, -0.2) is 23.9 Å². The SMILES string of the molecule is O=C=Nc1cc(NC(=O)C2Cc3ccccc3N2)c(-c2ccccc2)c(NC(=O)c2cccs2)c1-c1ccccc1. The summed E-state index contributed by atoms with van der Waals surface area (Å²) >= 11 is 1.32. The molecule has 0 saturated heterocycles. The van der Waals surface area contributed by atoms with Gasteiger partial charge in [0.2, 0.25) is 12.0 Å². The number of amides is 2. The molecule has 0 radical (unpaired) electrons. The number of para-hydroxylation sites is 1. The molecular formula is C33H24N4O3S. The minimum atomic E-state index is -0.494. The molecule has 0 bridgehead atoms. The Kier molecular flexibility index (Phi) is 7.24. The molecule has 0 fully saturated rings. The van der Waals surface area contributed by atoms with E-state index >= 15 is 0 Å². The molecule has 1 aliphatic heterocycles. The van der Waals surface area contributed by atoms with Gasteiger partial charge in [0.15, 0.2) is 0 Å². The summed E-state index contributed by atoms with van der Waals surface area (Å²) < 4.78 is 0. The molecule has 1 aromatic heterocycles. The van der Waals surface area contributed by atoms with E-state index in [1.807, 2.05) is 90.3 Å². The number of aliphatic imine (C=N–C) groups is 1.